The summed E-state index contributed by atoms with van der Waals surface area (Å²) < 4.78 is 37.8. The third kappa shape index (κ3) is 3.84. The summed E-state index contributed by atoms with van der Waals surface area (Å²) in [5.41, 5.74) is -2.13. The number of piperidine rings is 1. The molecule has 1 aliphatic rings. The zero-order valence-electron chi connectivity index (χ0n) is 11.4. The fourth-order valence-electron chi connectivity index (χ4n) is 2.35. The van der Waals surface area contributed by atoms with E-state index in [0.717, 1.165) is 0 Å². The molecule has 0 aromatic carbocycles. The Kier molecular flexibility index (Phi) is 4.36. The third-order valence-corrected chi connectivity index (χ3v) is 3.48. The van der Waals surface area contributed by atoms with Crippen LogP contribution in [0.4, 0.5) is 18.9 Å². The minimum Gasteiger partial charge on any atom is -0.327 e. The average Bonchev–Trinajstić information content (AvgIpc) is 2.40. The molecule has 8 heteroatoms. The first kappa shape index (κ1) is 15.6. The molecule has 3 N–H and O–H groups in total. The van der Waals surface area contributed by atoms with Gasteiger partial charge in [-0.1, -0.05) is 0 Å². The van der Waals surface area contributed by atoms with Crippen LogP contribution in [0.25, 0.3) is 0 Å². The van der Waals surface area contributed by atoms with Crippen LogP contribution < -0.4 is 16.2 Å². The number of carbonyl (C=O) groups is 1. The minimum absolute atomic E-state index is 0.161. The molecule has 0 saturated carbocycles. The molecule has 1 amide bonds. The Balaban J connectivity index is 2.15. The van der Waals surface area contributed by atoms with E-state index < -0.39 is 23.2 Å². The van der Waals surface area contributed by atoms with Crippen LogP contribution in [0.15, 0.2) is 17.1 Å². The monoisotopic (exact) mass is 303 g/mol. The molecule has 1 saturated heterocycles. The molecule has 1 aromatic heterocycles. The Morgan fingerprint density at radius 2 is 2.14 bits per heavy atom. The lowest BCUT2D eigenvalue weighted by molar-refractivity contribution is -0.137. The van der Waals surface area contributed by atoms with Crippen LogP contribution in [0.2, 0.25) is 0 Å². The SMILES string of the molecule is C[C@H]1C[C@@H](C(=O)Nc2cc(C(F)(F)F)c[nH]c2=O)CCN1. The number of aromatic nitrogens is 1. The molecule has 1 fully saturated rings. The number of halogens is 3. The van der Waals surface area contributed by atoms with Crippen LogP contribution in [-0.2, 0) is 11.0 Å². The molecule has 5 nitrogen and oxygen atoms in total. The van der Waals surface area contributed by atoms with Crippen molar-refractivity contribution in [3.8, 4) is 0 Å². The Bertz CT molecular complexity index is 583. The topological polar surface area (TPSA) is 74.0 Å². The van der Waals surface area contributed by atoms with Crippen molar-refractivity contribution in [3.05, 3.63) is 28.2 Å². The highest BCUT2D eigenvalue weighted by Crippen LogP contribution is 2.29. The zero-order valence-corrected chi connectivity index (χ0v) is 11.4. The molecule has 116 valence electrons. The number of amides is 1. The molecule has 0 radical (unpaired) electrons. The molecular weight excluding hydrogens is 287 g/mol. The number of alkyl halides is 3. The first-order chi connectivity index (χ1) is 9.77. The number of H-pyrrole nitrogens is 1. The first-order valence-electron chi connectivity index (χ1n) is 6.61. The van der Waals surface area contributed by atoms with Gasteiger partial charge in [-0.05, 0) is 32.4 Å². The second-order valence-corrected chi connectivity index (χ2v) is 5.19. The van der Waals surface area contributed by atoms with Crippen molar-refractivity contribution in [1.29, 1.82) is 0 Å². The van der Waals surface area contributed by atoms with Gasteiger partial charge in [0.1, 0.15) is 5.69 Å². The number of hydrogen-bond donors (Lipinski definition) is 3. The van der Waals surface area contributed by atoms with Crippen LogP contribution in [-0.4, -0.2) is 23.5 Å². The first-order valence-corrected chi connectivity index (χ1v) is 6.61. The Morgan fingerprint density at radius 1 is 1.43 bits per heavy atom. The fourth-order valence-corrected chi connectivity index (χ4v) is 2.35. The van der Waals surface area contributed by atoms with Gasteiger partial charge >= 0.3 is 6.18 Å². The van der Waals surface area contributed by atoms with Gasteiger partial charge in [-0.2, -0.15) is 13.2 Å². The van der Waals surface area contributed by atoms with E-state index in [1.165, 1.54) is 0 Å². The molecule has 2 rings (SSSR count). The number of hydrogen-bond acceptors (Lipinski definition) is 3. The smallest absolute Gasteiger partial charge is 0.327 e. The van der Waals surface area contributed by atoms with E-state index in [1.54, 1.807) is 0 Å². The van der Waals surface area contributed by atoms with Gasteiger partial charge in [-0.15, -0.1) is 0 Å². The second-order valence-electron chi connectivity index (χ2n) is 5.19. The average molecular weight is 303 g/mol. The molecule has 0 unspecified atom stereocenters. The molecule has 0 bridgehead atoms. The highest BCUT2D eigenvalue weighted by molar-refractivity contribution is 5.92. The Labute approximate surface area is 118 Å². The van der Waals surface area contributed by atoms with Gasteiger partial charge in [0.15, 0.2) is 0 Å². The lowest BCUT2D eigenvalue weighted by Gasteiger charge is -2.27. The van der Waals surface area contributed by atoms with Crippen molar-refractivity contribution in [3.63, 3.8) is 0 Å². The third-order valence-electron chi connectivity index (χ3n) is 3.48. The predicted molar refractivity (Wildman–Crippen MR) is 70.9 cm³/mol. The number of pyridine rings is 1. The van der Waals surface area contributed by atoms with Crippen LogP contribution in [0, 0.1) is 5.92 Å². The van der Waals surface area contributed by atoms with Gasteiger partial charge < -0.3 is 15.6 Å². The Morgan fingerprint density at radius 3 is 2.76 bits per heavy atom. The van der Waals surface area contributed by atoms with Gasteiger partial charge in [-0.3, -0.25) is 9.59 Å². The van der Waals surface area contributed by atoms with E-state index >= 15 is 0 Å². The molecule has 1 aromatic rings. The largest absolute Gasteiger partial charge is 0.417 e. The number of rotatable bonds is 2. The standard InChI is InChI=1S/C13H16F3N3O2/c1-7-4-8(2-3-17-7)11(20)19-10-5-9(13(14,15)16)6-18-12(10)21/h5-8,17H,2-4H2,1H3,(H,18,21)(H,19,20)/t7-,8-/m0/s1. The summed E-state index contributed by atoms with van der Waals surface area (Å²) in [6, 6.07) is 0.815. The van der Waals surface area contributed by atoms with Gasteiger partial charge in [0, 0.05) is 18.2 Å². The van der Waals surface area contributed by atoms with Crippen LogP contribution >= 0.6 is 0 Å². The van der Waals surface area contributed by atoms with Crippen LogP contribution in [0.5, 0.6) is 0 Å². The summed E-state index contributed by atoms with van der Waals surface area (Å²) in [6.07, 6.45) is -2.81. The van der Waals surface area contributed by atoms with E-state index in [-0.39, 0.29) is 17.6 Å². The van der Waals surface area contributed by atoms with Crippen molar-refractivity contribution in [2.24, 2.45) is 5.92 Å². The highest BCUT2D eigenvalue weighted by atomic mass is 19.4. The Hall–Kier alpha value is -1.83. The number of anilines is 1. The number of carbonyl (C=O) groups excluding carboxylic acids is 1. The van der Waals surface area contributed by atoms with Gasteiger partial charge in [0.2, 0.25) is 5.91 Å². The van der Waals surface area contributed by atoms with Crippen molar-refractivity contribution < 1.29 is 18.0 Å². The summed E-state index contributed by atoms with van der Waals surface area (Å²) in [6.45, 7) is 2.59. The van der Waals surface area contributed by atoms with Crippen molar-refractivity contribution >= 4 is 11.6 Å². The fraction of sp³-hybridized carbons (Fsp3) is 0.538. The predicted octanol–water partition coefficient (Wildman–Crippen LogP) is 1.72. The summed E-state index contributed by atoms with van der Waals surface area (Å²) in [5.74, 6) is -0.733. The van der Waals surface area contributed by atoms with E-state index in [4.69, 9.17) is 0 Å². The van der Waals surface area contributed by atoms with Crippen LogP contribution in [0.1, 0.15) is 25.3 Å². The lowest BCUT2D eigenvalue weighted by atomic mass is 9.92. The maximum atomic E-state index is 12.6. The quantitative estimate of drug-likeness (QED) is 0.779. The number of aromatic amines is 1. The molecule has 2 atom stereocenters. The van der Waals surface area contributed by atoms with Crippen molar-refractivity contribution in [1.82, 2.24) is 10.3 Å². The van der Waals surface area contributed by atoms with Gasteiger partial charge in [0.05, 0.1) is 5.56 Å². The zero-order chi connectivity index (χ0) is 15.6. The van der Waals surface area contributed by atoms with E-state index in [1.807, 2.05) is 11.9 Å². The van der Waals surface area contributed by atoms with Crippen LogP contribution in [0.3, 0.4) is 0 Å². The molecule has 21 heavy (non-hydrogen) atoms. The van der Waals surface area contributed by atoms with Gasteiger partial charge in [0.25, 0.3) is 5.56 Å². The summed E-state index contributed by atoms with van der Waals surface area (Å²) >= 11 is 0. The lowest BCUT2D eigenvalue weighted by Crippen LogP contribution is -2.40. The second kappa shape index (κ2) is 5.88. The summed E-state index contributed by atoms with van der Waals surface area (Å²) in [5, 5.41) is 5.48. The normalized spacial score (nSPS) is 22.9. The van der Waals surface area contributed by atoms with E-state index in [2.05, 4.69) is 10.6 Å². The number of nitrogens with one attached hydrogen (secondary N) is 3. The summed E-state index contributed by atoms with van der Waals surface area (Å²) in [4.78, 5) is 25.6. The molecule has 2 heterocycles. The molecular formula is C13H16F3N3O2. The molecule has 0 aliphatic carbocycles. The van der Waals surface area contributed by atoms with E-state index in [0.29, 0.717) is 31.6 Å². The van der Waals surface area contributed by atoms with E-state index in [9.17, 15) is 22.8 Å². The molecule has 1 aliphatic heterocycles. The highest BCUT2D eigenvalue weighted by Gasteiger charge is 2.32. The minimum atomic E-state index is -4.58. The maximum Gasteiger partial charge on any atom is 0.417 e. The molecule has 0 spiro atoms. The maximum absolute atomic E-state index is 12.6. The van der Waals surface area contributed by atoms with Gasteiger partial charge in [-0.25, -0.2) is 0 Å². The van der Waals surface area contributed by atoms with Crippen molar-refractivity contribution in [2.75, 3.05) is 11.9 Å². The summed E-state index contributed by atoms with van der Waals surface area (Å²) in [7, 11) is 0. The van der Waals surface area contributed by atoms with Crippen molar-refractivity contribution in [2.45, 2.75) is 32.0 Å².